The van der Waals surface area contributed by atoms with E-state index in [2.05, 4.69) is 0 Å². The molecule has 1 atom stereocenters. The van der Waals surface area contributed by atoms with Crippen LogP contribution in [0.2, 0.25) is 0 Å². The van der Waals surface area contributed by atoms with E-state index >= 15 is 0 Å². The Bertz CT molecular complexity index is 281. The van der Waals surface area contributed by atoms with Crippen LogP contribution in [-0.4, -0.2) is 22.8 Å². The molecule has 1 rings (SSSR count). The zero-order chi connectivity index (χ0) is 10.2. The van der Waals surface area contributed by atoms with Gasteiger partial charge in [-0.25, -0.2) is 0 Å². The lowest BCUT2D eigenvalue weighted by atomic mass is 9.78. The molecule has 0 aromatic heterocycles. The number of allylic oxidation sites excluding steroid dienone is 1. The Kier molecular flexibility index (Phi) is 2.39. The number of hydrogen-bond donors (Lipinski definition) is 1. The van der Waals surface area contributed by atoms with Crippen molar-refractivity contribution >= 4 is 11.6 Å². The number of Topliss-reactive ketones (excluding diaryl/α,β-unsaturated/α-hetero) is 1. The van der Waals surface area contributed by atoms with Crippen LogP contribution >= 0.6 is 0 Å². The van der Waals surface area contributed by atoms with Crippen molar-refractivity contribution in [2.75, 3.05) is 0 Å². The van der Waals surface area contributed by atoms with E-state index < -0.39 is 6.10 Å². The number of ketones is 2. The summed E-state index contributed by atoms with van der Waals surface area (Å²) in [7, 11) is 0. The minimum atomic E-state index is -1.13. The fraction of sp³-hybridized carbons (Fsp3) is 0.600. The van der Waals surface area contributed by atoms with Crippen LogP contribution in [0.1, 0.15) is 27.2 Å². The van der Waals surface area contributed by atoms with Crippen LogP contribution in [0.5, 0.6) is 0 Å². The van der Waals surface area contributed by atoms with Gasteiger partial charge in [-0.2, -0.15) is 0 Å². The van der Waals surface area contributed by atoms with Gasteiger partial charge < -0.3 is 5.11 Å². The molecule has 3 nitrogen and oxygen atoms in total. The molecule has 1 aliphatic rings. The van der Waals surface area contributed by atoms with Gasteiger partial charge in [0.2, 0.25) is 0 Å². The highest BCUT2D eigenvalue weighted by molar-refractivity contribution is 6.10. The second kappa shape index (κ2) is 3.07. The van der Waals surface area contributed by atoms with Crippen molar-refractivity contribution in [2.24, 2.45) is 5.41 Å². The van der Waals surface area contributed by atoms with Crippen molar-refractivity contribution < 1.29 is 14.7 Å². The fourth-order valence-electron chi connectivity index (χ4n) is 1.34. The first-order chi connectivity index (χ1) is 5.82. The van der Waals surface area contributed by atoms with Gasteiger partial charge in [0.25, 0.3) is 0 Å². The summed E-state index contributed by atoms with van der Waals surface area (Å²) in [5, 5.41) is 9.12. The molecule has 0 aliphatic heterocycles. The third kappa shape index (κ3) is 2.04. The summed E-state index contributed by atoms with van der Waals surface area (Å²) in [6.07, 6.45) is 0.0805. The lowest BCUT2D eigenvalue weighted by Crippen LogP contribution is -2.32. The van der Waals surface area contributed by atoms with Gasteiger partial charge in [-0.05, 0) is 11.5 Å². The van der Waals surface area contributed by atoms with Gasteiger partial charge in [0.05, 0.1) is 0 Å². The number of aliphatic hydroxyl groups excluding tert-OH is 1. The van der Waals surface area contributed by atoms with Gasteiger partial charge in [-0.3, -0.25) is 9.59 Å². The van der Waals surface area contributed by atoms with Crippen molar-refractivity contribution in [2.45, 2.75) is 33.3 Å². The van der Waals surface area contributed by atoms with Crippen LogP contribution in [0.3, 0.4) is 0 Å². The van der Waals surface area contributed by atoms with Crippen molar-refractivity contribution in [3.63, 3.8) is 0 Å². The van der Waals surface area contributed by atoms with Crippen LogP contribution in [-0.2, 0) is 9.59 Å². The van der Waals surface area contributed by atoms with Gasteiger partial charge in [0, 0.05) is 12.0 Å². The molecular weight excluding hydrogens is 168 g/mol. The highest BCUT2D eigenvalue weighted by Gasteiger charge is 2.32. The Morgan fingerprint density at radius 1 is 1.38 bits per heavy atom. The van der Waals surface area contributed by atoms with E-state index in [1.54, 1.807) is 0 Å². The molecule has 0 bridgehead atoms. The standard InChI is InChI=1S/C10H14O3/c1-10(2,3)6-4-8(12)9(13)5-7(6)11/h4,9,13H,5H2,1-3H3/t9-/m1/s1. The summed E-state index contributed by atoms with van der Waals surface area (Å²) in [6.45, 7) is 5.63. The zero-order valence-corrected chi connectivity index (χ0v) is 8.13. The van der Waals surface area contributed by atoms with Gasteiger partial charge in [-0.1, -0.05) is 20.8 Å². The van der Waals surface area contributed by atoms with Crippen LogP contribution in [0.25, 0.3) is 0 Å². The predicted octanol–water partition coefficient (Wildman–Crippen LogP) is 0.862. The molecule has 0 fully saturated rings. The van der Waals surface area contributed by atoms with E-state index in [1.165, 1.54) is 6.08 Å². The summed E-state index contributed by atoms with van der Waals surface area (Å²) >= 11 is 0. The molecule has 0 unspecified atom stereocenters. The Labute approximate surface area is 77.4 Å². The molecule has 0 saturated heterocycles. The fourth-order valence-corrected chi connectivity index (χ4v) is 1.34. The first-order valence-corrected chi connectivity index (χ1v) is 4.29. The van der Waals surface area contributed by atoms with Gasteiger partial charge in [0.1, 0.15) is 6.10 Å². The topological polar surface area (TPSA) is 54.4 Å². The monoisotopic (exact) mass is 182 g/mol. The summed E-state index contributed by atoms with van der Waals surface area (Å²) in [5.74, 6) is -0.482. The smallest absolute Gasteiger partial charge is 0.184 e. The number of aliphatic hydroxyl groups is 1. The molecule has 1 N–H and O–H groups in total. The molecule has 0 radical (unpaired) electrons. The molecule has 13 heavy (non-hydrogen) atoms. The van der Waals surface area contributed by atoms with E-state index in [9.17, 15) is 9.59 Å². The maximum atomic E-state index is 11.4. The minimum absolute atomic E-state index is 0.0675. The van der Waals surface area contributed by atoms with E-state index in [1.807, 2.05) is 20.8 Å². The number of carbonyl (C=O) groups is 2. The van der Waals surface area contributed by atoms with E-state index in [4.69, 9.17) is 5.11 Å². The highest BCUT2D eigenvalue weighted by atomic mass is 16.3. The number of hydrogen-bond acceptors (Lipinski definition) is 3. The summed E-state index contributed by atoms with van der Waals surface area (Å²) < 4.78 is 0. The van der Waals surface area contributed by atoms with Gasteiger partial charge in [0.15, 0.2) is 11.6 Å². The molecule has 0 amide bonds. The molecular formula is C10H14O3. The molecule has 0 aromatic carbocycles. The van der Waals surface area contributed by atoms with E-state index in [0.29, 0.717) is 5.57 Å². The van der Waals surface area contributed by atoms with Crippen LogP contribution in [0.15, 0.2) is 11.6 Å². The van der Waals surface area contributed by atoms with Gasteiger partial charge >= 0.3 is 0 Å². The van der Waals surface area contributed by atoms with Crippen LogP contribution in [0, 0.1) is 5.41 Å². The van der Waals surface area contributed by atoms with Crippen molar-refractivity contribution in [3.05, 3.63) is 11.6 Å². The zero-order valence-electron chi connectivity index (χ0n) is 8.13. The minimum Gasteiger partial charge on any atom is -0.384 e. The molecule has 3 heteroatoms. The Balaban J connectivity index is 3.04. The normalized spacial score (nSPS) is 24.6. The Morgan fingerprint density at radius 2 is 1.92 bits per heavy atom. The second-order valence-electron chi connectivity index (χ2n) is 4.35. The average molecular weight is 182 g/mol. The van der Waals surface area contributed by atoms with Crippen LogP contribution in [0.4, 0.5) is 0 Å². The van der Waals surface area contributed by atoms with E-state index in [0.717, 1.165) is 0 Å². The van der Waals surface area contributed by atoms with Crippen molar-refractivity contribution in [1.82, 2.24) is 0 Å². The van der Waals surface area contributed by atoms with Crippen LogP contribution < -0.4 is 0 Å². The number of carbonyl (C=O) groups excluding carboxylic acids is 2. The van der Waals surface area contributed by atoms with E-state index in [-0.39, 0.29) is 23.4 Å². The van der Waals surface area contributed by atoms with Crippen molar-refractivity contribution in [1.29, 1.82) is 0 Å². The molecule has 72 valence electrons. The van der Waals surface area contributed by atoms with Gasteiger partial charge in [-0.15, -0.1) is 0 Å². The summed E-state index contributed by atoms with van der Waals surface area (Å²) in [4.78, 5) is 22.5. The number of rotatable bonds is 0. The molecule has 1 aliphatic carbocycles. The summed E-state index contributed by atoms with van der Waals surface area (Å²) in [5.41, 5.74) is 0.204. The predicted molar refractivity (Wildman–Crippen MR) is 48.2 cm³/mol. The maximum absolute atomic E-state index is 11.4. The SMILES string of the molecule is CC(C)(C)C1=CC(=O)[C@H](O)CC1=O. The Hall–Kier alpha value is -0.960. The third-order valence-corrected chi connectivity index (χ3v) is 2.10. The lowest BCUT2D eigenvalue weighted by molar-refractivity contribution is -0.129. The summed E-state index contributed by atoms with van der Waals surface area (Å²) in [6, 6.07) is 0. The molecule has 0 heterocycles. The highest BCUT2D eigenvalue weighted by Crippen LogP contribution is 2.29. The third-order valence-electron chi connectivity index (χ3n) is 2.10. The first kappa shape index (κ1) is 10.1. The lowest BCUT2D eigenvalue weighted by Gasteiger charge is -2.25. The maximum Gasteiger partial charge on any atom is 0.184 e. The quantitative estimate of drug-likeness (QED) is 0.604. The first-order valence-electron chi connectivity index (χ1n) is 4.29. The molecule has 0 spiro atoms. The molecule has 0 aromatic rings. The Morgan fingerprint density at radius 3 is 2.38 bits per heavy atom. The van der Waals surface area contributed by atoms with Crippen molar-refractivity contribution in [3.8, 4) is 0 Å². The molecule has 0 saturated carbocycles. The largest absolute Gasteiger partial charge is 0.384 e. The average Bonchev–Trinajstić information content (AvgIpc) is 1.94. The second-order valence-corrected chi connectivity index (χ2v) is 4.35.